The largest absolute Gasteiger partial charge is 0.452 e. The fourth-order valence-corrected chi connectivity index (χ4v) is 2.19. The van der Waals surface area contributed by atoms with Crippen molar-refractivity contribution in [3.05, 3.63) is 23.1 Å². The van der Waals surface area contributed by atoms with Gasteiger partial charge in [0.15, 0.2) is 0 Å². The average molecular weight is 258 g/mol. The predicted molar refractivity (Wildman–Crippen MR) is 64.3 cm³/mol. The van der Waals surface area contributed by atoms with Gasteiger partial charge in [-0.3, -0.25) is 4.79 Å². The van der Waals surface area contributed by atoms with E-state index in [1.54, 1.807) is 18.0 Å². The van der Waals surface area contributed by atoms with Gasteiger partial charge >= 0.3 is 0 Å². The van der Waals surface area contributed by atoms with E-state index in [1.165, 1.54) is 12.7 Å². The van der Waals surface area contributed by atoms with Gasteiger partial charge in [0.05, 0.1) is 17.9 Å². The van der Waals surface area contributed by atoms with Crippen LogP contribution >= 0.6 is 11.6 Å². The Morgan fingerprint density at radius 3 is 3.00 bits per heavy atom. The summed E-state index contributed by atoms with van der Waals surface area (Å²) in [5.74, 6) is -0.127. The molecule has 5 heteroatoms. The number of ether oxygens (including phenoxy) is 1. The lowest BCUT2D eigenvalue weighted by Gasteiger charge is -2.27. The van der Waals surface area contributed by atoms with Gasteiger partial charge in [0.1, 0.15) is 0 Å². The number of carbonyl (C=O) groups is 1. The van der Waals surface area contributed by atoms with E-state index in [2.05, 4.69) is 0 Å². The summed E-state index contributed by atoms with van der Waals surface area (Å²) < 4.78 is 10.5. The van der Waals surface area contributed by atoms with Crippen LogP contribution in [0.15, 0.2) is 16.7 Å². The van der Waals surface area contributed by atoms with Crippen LogP contribution in [0.25, 0.3) is 0 Å². The number of furan rings is 1. The molecule has 0 aliphatic carbocycles. The number of carbonyl (C=O) groups excluding carboxylic acids is 1. The summed E-state index contributed by atoms with van der Waals surface area (Å²) in [4.78, 5) is 13.7. The molecule has 1 aromatic heterocycles. The molecule has 0 bridgehead atoms. The SMILES string of the molecule is CN(CC1CCCCO1)C(=O)c1ccoc1Cl. The summed E-state index contributed by atoms with van der Waals surface area (Å²) in [6, 6.07) is 1.59. The second-order valence-corrected chi connectivity index (χ2v) is 4.63. The minimum Gasteiger partial charge on any atom is -0.452 e. The van der Waals surface area contributed by atoms with Crippen LogP contribution in [-0.2, 0) is 4.74 Å². The van der Waals surface area contributed by atoms with Crippen LogP contribution in [0.1, 0.15) is 29.6 Å². The van der Waals surface area contributed by atoms with Gasteiger partial charge in [0.2, 0.25) is 5.22 Å². The lowest BCUT2D eigenvalue weighted by molar-refractivity contribution is -0.000197. The minimum absolute atomic E-state index is 0.127. The molecule has 1 aromatic rings. The van der Waals surface area contributed by atoms with Crippen molar-refractivity contribution in [1.82, 2.24) is 4.90 Å². The Morgan fingerprint density at radius 1 is 1.59 bits per heavy atom. The van der Waals surface area contributed by atoms with Gasteiger partial charge in [-0.2, -0.15) is 0 Å². The summed E-state index contributed by atoms with van der Waals surface area (Å²) in [6.45, 7) is 1.39. The quantitative estimate of drug-likeness (QED) is 0.836. The number of rotatable bonds is 3. The minimum atomic E-state index is -0.127. The molecule has 0 spiro atoms. The molecule has 1 unspecified atom stereocenters. The summed E-state index contributed by atoms with van der Waals surface area (Å²) in [5, 5.41) is 0.145. The summed E-state index contributed by atoms with van der Waals surface area (Å²) in [6.07, 6.45) is 4.85. The zero-order chi connectivity index (χ0) is 12.3. The van der Waals surface area contributed by atoms with Crippen LogP contribution in [0.2, 0.25) is 5.22 Å². The summed E-state index contributed by atoms with van der Waals surface area (Å²) >= 11 is 5.78. The number of halogens is 1. The molecule has 2 heterocycles. The van der Waals surface area contributed by atoms with E-state index in [0.717, 1.165) is 19.4 Å². The maximum Gasteiger partial charge on any atom is 0.258 e. The van der Waals surface area contributed by atoms with Crippen molar-refractivity contribution in [1.29, 1.82) is 0 Å². The normalized spacial score (nSPS) is 20.2. The molecule has 2 rings (SSSR count). The molecule has 1 aliphatic rings. The third kappa shape index (κ3) is 3.01. The van der Waals surface area contributed by atoms with E-state index >= 15 is 0 Å². The molecule has 1 fully saturated rings. The third-order valence-corrected chi connectivity index (χ3v) is 3.24. The Morgan fingerprint density at radius 2 is 2.41 bits per heavy atom. The molecule has 1 amide bonds. The second kappa shape index (κ2) is 5.56. The molecule has 1 atom stereocenters. The van der Waals surface area contributed by atoms with E-state index in [-0.39, 0.29) is 17.2 Å². The van der Waals surface area contributed by atoms with Gasteiger partial charge in [-0.25, -0.2) is 0 Å². The molecule has 94 valence electrons. The molecule has 4 nitrogen and oxygen atoms in total. The first-order valence-corrected chi connectivity index (χ1v) is 6.16. The third-order valence-electron chi connectivity index (χ3n) is 2.95. The lowest BCUT2D eigenvalue weighted by atomic mass is 10.1. The first kappa shape index (κ1) is 12.5. The van der Waals surface area contributed by atoms with Crippen LogP contribution in [0, 0.1) is 0 Å². The molecule has 0 N–H and O–H groups in total. The van der Waals surface area contributed by atoms with Crippen LogP contribution in [-0.4, -0.2) is 37.1 Å². The van der Waals surface area contributed by atoms with Crippen molar-refractivity contribution in [2.45, 2.75) is 25.4 Å². The number of hydrogen-bond donors (Lipinski definition) is 0. The maximum absolute atomic E-state index is 12.0. The smallest absolute Gasteiger partial charge is 0.258 e. The van der Waals surface area contributed by atoms with Crippen LogP contribution in [0.5, 0.6) is 0 Å². The number of amides is 1. The van der Waals surface area contributed by atoms with Crippen molar-refractivity contribution in [3.8, 4) is 0 Å². The molecule has 17 heavy (non-hydrogen) atoms. The van der Waals surface area contributed by atoms with Gasteiger partial charge < -0.3 is 14.1 Å². The Balaban J connectivity index is 1.93. The molecule has 0 radical (unpaired) electrons. The van der Waals surface area contributed by atoms with E-state index < -0.39 is 0 Å². The van der Waals surface area contributed by atoms with Crippen molar-refractivity contribution in [2.75, 3.05) is 20.2 Å². The maximum atomic E-state index is 12.0. The first-order chi connectivity index (χ1) is 8.18. The van der Waals surface area contributed by atoms with Gasteiger partial charge in [-0.1, -0.05) is 0 Å². The fraction of sp³-hybridized carbons (Fsp3) is 0.583. The van der Waals surface area contributed by atoms with Crippen LogP contribution in [0.3, 0.4) is 0 Å². The highest BCUT2D eigenvalue weighted by atomic mass is 35.5. The Kier molecular flexibility index (Phi) is 4.07. The van der Waals surface area contributed by atoms with E-state index in [1.807, 2.05) is 0 Å². The topological polar surface area (TPSA) is 42.7 Å². The Bertz CT molecular complexity index is 385. The van der Waals surface area contributed by atoms with Crippen molar-refractivity contribution >= 4 is 17.5 Å². The standard InChI is InChI=1S/C12H16ClNO3/c1-14(8-9-4-2-3-6-16-9)12(15)10-5-7-17-11(10)13/h5,7,9H,2-4,6,8H2,1H3. The van der Waals surface area contributed by atoms with Gasteiger partial charge in [-0.15, -0.1) is 0 Å². The highest BCUT2D eigenvalue weighted by Gasteiger charge is 2.22. The van der Waals surface area contributed by atoms with Crippen LogP contribution in [0.4, 0.5) is 0 Å². The second-order valence-electron chi connectivity index (χ2n) is 4.28. The zero-order valence-electron chi connectivity index (χ0n) is 9.82. The van der Waals surface area contributed by atoms with Crippen LogP contribution < -0.4 is 0 Å². The predicted octanol–water partition coefficient (Wildman–Crippen LogP) is 2.57. The van der Waals surface area contributed by atoms with E-state index in [0.29, 0.717) is 12.1 Å². The van der Waals surface area contributed by atoms with Gasteiger partial charge in [-0.05, 0) is 36.9 Å². The van der Waals surface area contributed by atoms with Crippen molar-refractivity contribution in [3.63, 3.8) is 0 Å². The number of likely N-dealkylation sites (N-methyl/N-ethyl adjacent to an activating group) is 1. The van der Waals surface area contributed by atoms with E-state index in [4.69, 9.17) is 20.8 Å². The first-order valence-electron chi connectivity index (χ1n) is 5.78. The summed E-state index contributed by atoms with van der Waals surface area (Å²) in [7, 11) is 1.75. The van der Waals surface area contributed by atoms with Crippen molar-refractivity contribution < 1.29 is 13.9 Å². The van der Waals surface area contributed by atoms with Crippen molar-refractivity contribution in [2.24, 2.45) is 0 Å². The van der Waals surface area contributed by atoms with Gasteiger partial charge in [0.25, 0.3) is 5.91 Å². The average Bonchev–Trinajstić information content (AvgIpc) is 2.76. The summed E-state index contributed by atoms with van der Waals surface area (Å²) in [5.41, 5.74) is 0.407. The zero-order valence-corrected chi connectivity index (χ0v) is 10.6. The molecule has 0 saturated carbocycles. The Hall–Kier alpha value is -1.00. The molecular formula is C12H16ClNO3. The highest BCUT2D eigenvalue weighted by Crippen LogP contribution is 2.19. The van der Waals surface area contributed by atoms with Gasteiger partial charge in [0, 0.05) is 20.2 Å². The molecule has 1 saturated heterocycles. The molecule has 1 aliphatic heterocycles. The highest BCUT2D eigenvalue weighted by molar-refractivity contribution is 6.32. The molecule has 0 aromatic carbocycles. The fourth-order valence-electron chi connectivity index (χ4n) is 1.99. The Labute approximate surface area is 105 Å². The number of nitrogens with zero attached hydrogens (tertiary/aromatic N) is 1. The monoisotopic (exact) mass is 257 g/mol. The molecular weight excluding hydrogens is 242 g/mol. The number of hydrogen-bond acceptors (Lipinski definition) is 3. The lowest BCUT2D eigenvalue weighted by Crippen LogP contribution is -2.37. The van der Waals surface area contributed by atoms with E-state index in [9.17, 15) is 4.79 Å².